The fourth-order valence-corrected chi connectivity index (χ4v) is 6.88. The Kier molecular flexibility index (Phi) is 7.81. The van der Waals surface area contributed by atoms with Gasteiger partial charge in [-0.2, -0.15) is 13.2 Å². The highest BCUT2D eigenvalue weighted by Crippen LogP contribution is 2.39. The van der Waals surface area contributed by atoms with Gasteiger partial charge >= 0.3 is 5.51 Å². The highest BCUT2D eigenvalue weighted by Gasteiger charge is 2.37. The lowest BCUT2D eigenvalue weighted by Crippen LogP contribution is -2.21. The molecule has 4 rings (SSSR count). The highest BCUT2D eigenvalue weighted by atomic mass is 32.2. The lowest BCUT2D eigenvalue weighted by Gasteiger charge is -2.08. The number of thiophene rings is 1. The lowest BCUT2D eigenvalue weighted by atomic mass is 10.1. The largest absolute Gasteiger partial charge is 0.741 e. The first-order chi connectivity index (χ1) is 15.0. The van der Waals surface area contributed by atoms with Crippen molar-refractivity contribution in [3.8, 4) is 0 Å². The number of halogens is 5. The number of hydrogen-bond donors (Lipinski definition) is 0. The molecule has 0 saturated heterocycles. The van der Waals surface area contributed by atoms with Gasteiger partial charge in [-0.15, -0.1) is 11.3 Å². The number of aryl methyl sites for hydroxylation is 1. The maximum atomic E-state index is 15.1. The van der Waals surface area contributed by atoms with Crippen LogP contribution in [0.3, 0.4) is 0 Å². The van der Waals surface area contributed by atoms with Crippen LogP contribution >= 0.6 is 23.1 Å². The summed E-state index contributed by atoms with van der Waals surface area (Å²) in [5.74, 6) is 1.72. The molecule has 2 heterocycles. The molecule has 0 aliphatic carbocycles. The Labute approximate surface area is 193 Å². The normalized spacial score (nSPS) is 14.9. The van der Waals surface area contributed by atoms with E-state index in [0.29, 0.717) is 15.0 Å². The van der Waals surface area contributed by atoms with Crippen LogP contribution in [0, 0.1) is 11.6 Å². The van der Waals surface area contributed by atoms with Crippen LogP contribution in [0.5, 0.6) is 0 Å². The van der Waals surface area contributed by atoms with Crippen molar-refractivity contribution in [2.75, 3.05) is 11.5 Å². The molecule has 0 unspecified atom stereocenters. The Morgan fingerprint density at radius 3 is 2.19 bits per heavy atom. The number of rotatable bonds is 3. The van der Waals surface area contributed by atoms with Crippen LogP contribution < -0.4 is 0 Å². The van der Waals surface area contributed by atoms with Crippen molar-refractivity contribution in [1.29, 1.82) is 0 Å². The third kappa shape index (κ3) is 5.24. The molecule has 0 amide bonds. The minimum Gasteiger partial charge on any atom is -0.741 e. The molecule has 0 N–H and O–H groups in total. The molecule has 0 atom stereocenters. The topological polar surface area (TPSA) is 57.2 Å². The van der Waals surface area contributed by atoms with Crippen molar-refractivity contribution < 1.29 is 34.9 Å². The summed E-state index contributed by atoms with van der Waals surface area (Å²) in [6.07, 6.45) is 2.78. The van der Waals surface area contributed by atoms with E-state index in [1.165, 1.54) is 11.3 Å². The van der Waals surface area contributed by atoms with E-state index in [1.807, 2.05) is 31.2 Å². The van der Waals surface area contributed by atoms with E-state index in [9.17, 15) is 17.6 Å². The predicted molar refractivity (Wildman–Crippen MR) is 122 cm³/mol. The van der Waals surface area contributed by atoms with E-state index >= 15 is 4.39 Å². The second kappa shape index (κ2) is 9.88. The Morgan fingerprint density at radius 1 is 1.06 bits per heavy atom. The minimum absolute atomic E-state index is 0.175. The third-order valence-electron chi connectivity index (χ3n) is 4.55. The summed E-state index contributed by atoms with van der Waals surface area (Å²) < 4.78 is 91.0. The second-order valence-corrected chi connectivity index (χ2v) is 11.7. The molecule has 174 valence electrons. The molecule has 2 aromatic carbocycles. The summed E-state index contributed by atoms with van der Waals surface area (Å²) in [6, 6.07) is 7.61. The predicted octanol–water partition coefficient (Wildman–Crippen LogP) is 6.03. The van der Waals surface area contributed by atoms with Gasteiger partial charge in [0.15, 0.2) is 33.0 Å². The van der Waals surface area contributed by atoms with E-state index in [4.69, 9.17) is 13.0 Å². The molecule has 0 radical (unpaired) electrons. The number of hydrogen-bond acceptors (Lipinski definition) is 5. The summed E-state index contributed by atoms with van der Waals surface area (Å²) >= 11 is 4.71. The molecule has 3 nitrogen and oxygen atoms in total. The molecule has 1 aliphatic heterocycles. The number of alkyl halides is 3. The molecule has 0 saturated carbocycles. The van der Waals surface area contributed by atoms with Gasteiger partial charge in [-0.1, -0.05) is 43.3 Å². The smallest absolute Gasteiger partial charge is 0.485 e. The molecule has 0 fully saturated rings. The quantitative estimate of drug-likeness (QED) is 0.137. The number of thioether (sulfide) groups is 1. The molecule has 3 aromatic rings. The van der Waals surface area contributed by atoms with Crippen molar-refractivity contribution in [3.05, 3.63) is 47.0 Å². The zero-order chi connectivity index (χ0) is 23.7. The molecule has 0 bridgehead atoms. The van der Waals surface area contributed by atoms with Gasteiger partial charge in [-0.25, -0.2) is 17.2 Å². The van der Waals surface area contributed by atoms with Gasteiger partial charge < -0.3 is 4.55 Å². The van der Waals surface area contributed by atoms with Crippen molar-refractivity contribution in [2.45, 2.75) is 31.7 Å². The van der Waals surface area contributed by atoms with E-state index in [2.05, 4.69) is 0 Å². The molecule has 12 heteroatoms. The summed E-state index contributed by atoms with van der Waals surface area (Å²) in [6.45, 7) is 2.04. The van der Waals surface area contributed by atoms with Gasteiger partial charge in [0, 0.05) is 22.9 Å². The zero-order valence-corrected chi connectivity index (χ0v) is 19.9. The van der Waals surface area contributed by atoms with Crippen LogP contribution in [0.15, 0.2) is 24.3 Å². The van der Waals surface area contributed by atoms with Crippen LogP contribution in [-0.2, 0) is 27.9 Å². The maximum absolute atomic E-state index is 15.1. The van der Waals surface area contributed by atoms with Gasteiger partial charge in [-0.05, 0) is 18.1 Å². The Balaban J connectivity index is 0.000000312. The Bertz CT molecular complexity index is 1280. The highest BCUT2D eigenvalue weighted by molar-refractivity contribution is 8.23. The first-order valence-corrected chi connectivity index (χ1v) is 13.6. The standard InChI is InChI=1S/C19H17F2S3.CHF3O3S/c1-2-4-11-5-6-12-13-7-8-14(19-22-9-3-10-23-19)16(21)18(13)24-17(12)15(11)20;2-1(3,4)8(5,6)7/h5-8H,2-4,9-10H2,1H3;(H,5,6,7)/q+1;/p-1. The van der Waals surface area contributed by atoms with Gasteiger partial charge in [-0.3, -0.25) is 0 Å². The van der Waals surface area contributed by atoms with Gasteiger partial charge in [0.25, 0.3) is 4.20 Å². The van der Waals surface area contributed by atoms with Gasteiger partial charge in [0.2, 0.25) is 0 Å². The average molecular weight is 529 g/mol. The van der Waals surface area contributed by atoms with Crippen LogP contribution in [0.2, 0.25) is 0 Å². The van der Waals surface area contributed by atoms with Crippen molar-refractivity contribution >= 4 is 68.9 Å². The first-order valence-electron chi connectivity index (χ1n) is 9.42. The van der Waals surface area contributed by atoms with Gasteiger partial charge in [0.05, 0.1) is 15.0 Å². The molecule has 1 aliphatic rings. The summed E-state index contributed by atoms with van der Waals surface area (Å²) in [5, 5.41) is 1.65. The Hall–Kier alpha value is -1.34. The SMILES string of the molecule is CCCc1ccc2c(sc3c(F)c(C4=[S+]CCCS4)ccc32)c1F.O=S(=O)([O-])C(F)(F)F. The second-order valence-electron chi connectivity index (χ2n) is 6.81. The Morgan fingerprint density at radius 2 is 1.66 bits per heavy atom. The summed E-state index contributed by atoms with van der Waals surface area (Å²) in [5.41, 5.74) is -4.24. The summed E-state index contributed by atoms with van der Waals surface area (Å²) in [7, 11) is -6.09. The average Bonchev–Trinajstić information content (AvgIpc) is 3.11. The molecular formula is C20H17F5O3S4. The fraction of sp³-hybridized carbons (Fsp3) is 0.350. The maximum Gasteiger partial charge on any atom is 0.485 e. The van der Waals surface area contributed by atoms with E-state index in [-0.39, 0.29) is 11.6 Å². The van der Waals surface area contributed by atoms with E-state index in [1.54, 1.807) is 23.1 Å². The summed E-state index contributed by atoms with van der Waals surface area (Å²) in [4.78, 5) is 0. The number of benzene rings is 2. The van der Waals surface area contributed by atoms with Crippen molar-refractivity contribution in [1.82, 2.24) is 0 Å². The molecular weight excluding hydrogens is 511 g/mol. The monoisotopic (exact) mass is 528 g/mol. The third-order valence-corrected chi connectivity index (χ3v) is 8.98. The number of fused-ring (bicyclic) bond motifs is 3. The molecule has 32 heavy (non-hydrogen) atoms. The first kappa shape index (κ1) is 25.3. The van der Waals surface area contributed by atoms with E-state index in [0.717, 1.165) is 51.3 Å². The van der Waals surface area contributed by atoms with Crippen LogP contribution in [0.25, 0.3) is 20.2 Å². The zero-order valence-electron chi connectivity index (χ0n) is 16.6. The molecule has 0 spiro atoms. The van der Waals surface area contributed by atoms with Crippen molar-refractivity contribution in [2.24, 2.45) is 0 Å². The van der Waals surface area contributed by atoms with E-state index < -0.39 is 15.6 Å². The van der Waals surface area contributed by atoms with Gasteiger partial charge in [0.1, 0.15) is 5.82 Å². The minimum atomic E-state index is -6.09. The van der Waals surface area contributed by atoms with Crippen LogP contribution in [-0.4, -0.2) is 34.2 Å². The fourth-order valence-electron chi connectivity index (χ4n) is 3.08. The lowest BCUT2D eigenvalue weighted by molar-refractivity contribution is -0.0517. The van der Waals surface area contributed by atoms with Crippen molar-refractivity contribution in [3.63, 3.8) is 0 Å². The van der Waals surface area contributed by atoms with Crippen LogP contribution in [0.1, 0.15) is 30.9 Å². The molecule has 1 aromatic heterocycles. The van der Waals surface area contributed by atoms with Crippen LogP contribution in [0.4, 0.5) is 22.0 Å².